The number of aromatic nitrogens is 4. The van der Waals surface area contributed by atoms with E-state index in [1.54, 1.807) is 0 Å². The average Bonchev–Trinajstić information content (AvgIpc) is 2.84. The predicted molar refractivity (Wildman–Crippen MR) is 70.6 cm³/mol. The van der Waals surface area contributed by atoms with Crippen LogP contribution in [0.25, 0.3) is 0 Å². The largest absolute Gasteiger partial charge is 0.352 e. The first kappa shape index (κ1) is 13.5. The maximum Gasteiger partial charge on any atom is 0.242 e. The molecule has 0 saturated carbocycles. The zero-order valence-electron chi connectivity index (χ0n) is 10.5. The van der Waals surface area contributed by atoms with E-state index in [-0.39, 0.29) is 18.5 Å². The number of tetrazole rings is 1. The molecule has 1 aromatic heterocycles. The minimum Gasteiger partial charge on any atom is -0.352 e. The van der Waals surface area contributed by atoms with Crippen molar-refractivity contribution in [1.82, 2.24) is 25.5 Å². The van der Waals surface area contributed by atoms with Crippen molar-refractivity contribution in [2.24, 2.45) is 0 Å². The summed E-state index contributed by atoms with van der Waals surface area (Å²) in [7, 11) is 0. The molecular formula is C12H14ClN5O. The fourth-order valence-electron chi connectivity index (χ4n) is 1.75. The zero-order chi connectivity index (χ0) is 13.7. The van der Waals surface area contributed by atoms with Gasteiger partial charge in [-0.15, -0.1) is 5.10 Å². The molecule has 0 aliphatic rings. The van der Waals surface area contributed by atoms with Crippen molar-refractivity contribution in [2.75, 3.05) is 0 Å². The molecule has 1 aromatic carbocycles. The topological polar surface area (TPSA) is 72.7 Å². The highest BCUT2D eigenvalue weighted by Crippen LogP contribution is 2.10. The number of benzene rings is 1. The Labute approximate surface area is 115 Å². The third-order valence-electron chi connectivity index (χ3n) is 2.56. The molecule has 1 heterocycles. The molecule has 0 aliphatic carbocycles. The summed E-state index contributed by atoms with van der Waals surface area (Å²) in [5.74, 6) is -0.117. The SMILES string of the molecule is C[C@H](Cc1ccc(Cl)cc1)NC(=O)Cn1cnnn1. The van der Waals surface area contributed by atoms with Gasteiger partial charge in [0.1, 0.15) is 12.9 Å². The summed E-state index contributed by atoms with van der Waals surface area (Å²) in [4.78, 5) is 11.7. The second-order valence-corrected chi connectivity index (χ2v) is 4.74. The van der Waals surface area contributed by atoms with Crippen molar-refractivity contribution in [3.05, 3.63) is 41.2 Å². The molecule has 0 saturated heterocycles. The lowest BCUT2D eigenvalue weighted by Crippen LogP contribution is -2.36. The molecule has 6 nitrogen and oxygen atoms in total. The van der Waals surface area contributed by atoms with Gasteiger partial charge in [0, 0.05) is 11.1 Å². The number of hydrogen-bond donors (Lipinski definition) is 1. The standard InChI is InChI=1S/C12H14ClN5O/c1-9(6-10-2-4-11(13)5-3-10)15-12(19)7-18-8-14-16-17-18/h2-5,8-9H,6-7H2,1H3,(H,15,19)/t9-/m1/s1. The Hall–Kier alpha value is -1.95. The molecule has 7 heteroatoms. The summed E-state index contributed by atoms with van der Waals surface area (Å²) in [6.07, 6.45) is 2.15. The number of rotatable bonds is 5. The van der Waals surface area contributed by atoms with E-state index in [0.29, 0.717) is 5.02 Å². The molecule has 19 heavy (non-hydrogen) atoms. The summed E-state index contributed by atoms with van der Waals surface area (Å²) < 4.78 is 1.38. The van der Waals surface area contributed by atoms with Gasteiger partial charge in [-0.2, -0.15) is 0 Å². The first-order valence-electron chi connectivity index (χ1n) is 5.88. The number of nitrogens with zero attached hydrogens (tertiary/aromatic N) is 4. The lowest BCUT2D eigenvalue weighted by Gasteiger charge is -2.13. The first-order valence-corrected chi connectivity index (χ1v) is 6.26. The third kappa shape index (κ3) is 4.33. The van der Waals surface area contributed by atoms with Crippen molar-refractivity contribution in [3.8, 4) is 0 Å². The Kier molecular flexibility index (Phi) is 4.46. The molecule has 2 rings (SSSR count). The molecule has 1 atom stereocenters. The molecule has 1 amide bonds. The minimum atomic E-state index is -0.117. The molecule has 2 aromatic rings. The van der Waals surface area contributed by atoms with Crippen LogP contribution in [0, 0.1) is 0 Å². The van der Waals surface area contributed by atoms with E-state index in [1.165, 1.54) is 11.0 Å². The van der Waals surface area contributed by atoms with Gasteiger partial charge in [-0.1, -0.05) is 23.7 Å². The van der Waals surface area contributed by atoms with Gasteiger partial charge in [-0.25, -0.2) is 4.68 Å². The molecule has 100 valence electrons. The van der Waals surface area contributed by atoms with Crippen LogP contribution in [-0.2, 0) is 17.8 Å². The van der Waals surface area contributed by atoms with Gasteiger partial charge < -0.3 is 5.32 Å². The van der Waals surface area contributed by atoms with Crippen molar-refractivity contribution >= 4 is 17.5 Å². The van der Waals surface area contributed by atoms with Gasteiger partial charge >= 0.3 is 0 Å². The molecule has 0 unspecified atom stereocenters. The zero-order valence-corrected chi connectivity index (χ0v) is 11.2. The molecule has 0 radical (unpaired) electrons. The highest BCUT2D eigenvalue weighted by atomic mass is 35.5. The first-order chi connectivity index (χ1) is 9.13. The van der Waals surface area contributed by atoms with Crippen LogP contribution in [0.4, 0.5) is 0 Å². The third-order valence-corrected chi connectivity index (χ3v) is 2.81. The molecule has 0 bridgehead atoms. The Morgan fingerprint density at radius 2 is 2.16 bits per heavy atom. The van der Waals surface area contributed by atoms with E-state index in [2.05, 4.69) is 20.8 Å². The molecule has 0 aliphatic heterocycles. The van der Waals surface area contributed by atoms with Crippen LogP contribution < -0.4 is 5.32 Å². The van der Waals surface area contributed by atoms with Crippen LogP contribution in [0.3, 0.4) is 0 Å². The van der Waals surface area contributed by atoms with Crippen LogP contribution in [0.1, 0.15) is 12.5 Å². The number of nitrogens with one attached hydrogen (secondary N) is 1. The van der Waals surface area contributed by atoms with E-state index in [9.17, 15) is 4.79 Å². The second kappa shape index (κ2) is 6.29. The molecule has 0 spiro atoms. The van der Waals surface area contributed by atoms with Gasteiger partial charge in [0.05, 0.1) is 0 Å². The van der Waals surface area contributed by atoms with Gasteiger partial charge in [-0.3, -0.25) is 4.79 Å². The van der Waals surface area contributed by atoms with Crippen molar-refractivity contribution in [2.45, 2.75) is 25.9 Å². The van der Waals surface area contributed by atoms with Crippen LogP contribution in [0.2, 0.25) is 5.02 Å². The maximum absolute atomic E-state index is 11.7. The lowest BCUT2D eigenvalue weighted by molar-refractivity contribution is -0.122. The summed E-state index contributed by atoms with van der Waals surface area (Å²) in [6, 6.07) is 7.61. The smallest absolute Gasteiger partial charge is 0.242 e. The Morgan fingerprint density at radius 3 is 2.79 bits per heavy atom. The van der Waals surface area contributed by atoms with Crippen molar-refractivity contribution < 1.29 is 4.79 Å². The summed E-state index contributed by atoms with van der Waals surface area (Å²) in [5.41, 5.74) is 1.12. The number of carbonyl (C=O) groups excluding carboxylic acids is 1. The van der Waals surface area contributed by atoms with Crippen LogP contribution in [0.15, 0.2) is 30.6 Å². The predicted octanol–water partition coefficient (Wildman–Crippen LogP) is 1.07. The van der Waals surface area contributed by atoms with Gasteiger partial charge in [0.2, 0.25) is 5.91 Å². The highest BCUT2D eigenvalue weighted by molar-refractivity contribution is 6.30. The van der Waals surface area contributed by atoms with Crippen LogP contribution >= 0.6 is 11.6 Å². The van der Waals surface area contributed by atoms with Crippen molar-refractivity contribution in [1.29, 1.82) is 0 Å². The summed E-state index contributed by atoms with van der Waals surface area (Å²) in [5, 5.41) is 14.2. The van der Waals surface area contributed by atoms with E-state index < -0.39 is 0 Å². The van der Waals surface area contributed by atoms with Gasteiger partial charge in [0.25, 0.3) is 0 Å². The number of halogens is 1. The number of amides is 1. The average molecular weight is 280 g/mol. The maximum atomic E-state index is 11.7. The highest BCUT2D eigenvalue weighted by Gasteiger charge is 2.09. The van der Waals surface area contributed by atoms with Gasteiger partial charge in [0.15, 0.2) is 0 Å². The number of hydrogen-bond acceptors (Lipinski definition) is 4. The fourth-order valence-corrected chi connectivity index (χ4v) is 1.87. The molecular weight excluding hydrogens is 266 g/mol. The Bertz CT molecular complexity index is 526. The Balaban J connectivity index is 1.82. The quantitative estimate of drug-likeness (QED) is 0.889. The summed E-state index contributed by atoms with van der Waals surface area (Å²) in [6.45, 7) is 2.07. The van der Waals surface area contributed by atoms with Crippen LogP contribution in [-0.4, -0.2) is 32.2 Å². The van der Waals surface area contributed by atoms with E-state index >= 15 is 0 Å². The lowest BCUT2D eigenvalue weighted by atomic mass is 10.1. The molecule has 0 fully saturated rings. The van der Waals surface area contributed by atoms with Gasteiger partial charge in [-0.05, 0) is 41.5 Å². The van der Waals surface area contributed by atoms with Crippen molar-refractivity contribution in [3.63, 3.8) is 0 Å². The second-order valence-electron chi connectivity index (χ2n) is 4.31. The minimum absolute atomic E-state index is 0.0326. The number of carbonyl (C=O) groups is 1. The van der Waals surface area contributed by atoms with Crippen LogP contribution in [0.5, 0.6) is 0 Å². The van der Waals surface area contributed by atoms with E-state index in [1.807, 2.05) is 31.2 Å². The fraction of sp³-hybridized carbons (Fsp3) is 0.333. The van der Waals surface area contributed by atoms with E-state index in [0.717, 1.165) is 12.0 Å². The summed E-state index contributed by atoms with van der Waals surface area (Å²) >= 11 is 5.82. The monoisotopic (exact) mass is 279 g/mol. The normalized spacial score (nSPS) is 12.1. The van der Waals surface area contributed by atoms with E-state index in [4.69, 9.17) is 11.6 Å². The molecule has 1 N–H and O–H groups in total. The Morgan fingerprint density at radius 1 is 1.42 bits per heavy atom.